The van der Waals surface area contributed by atoms with Crippen molar-refractivity contribution in [3.63, 3.8) is 0 Å². The zero-order valence-corrected chi connectivity index (χ0v) is 12.0. The van der Waals surface area contributed by atoms with E-state index >= 15 is 0 Å². The number of carbonyl (C=O) groups excluding carboxylic acids is 1. The van der Waals surface area contributed by atoms with Crippen LogP contribution in [0.1, 0.15) is 18.4 Å². The van der Waals surface area contributed by atoms with Gasteiger partial charge in [-0.1, -0.05) is 6.07 Å². The minimum Gasteiger partial charge on any atom is -0.326 e. The maximum atomic E-state index is 12.0. The van der Waals surface area contributed by atoms with Gasteiger partial charge < -0.3 is 10.6 Å². The van der Waals surface area contributed by atoms with Gasteiger partial charge in [0.1, 0.15) is 0 Å². The molecule has 6 nitrogen and oxygen atoms in total. The minimum atomic E-state index is -0.437. The molecule has 1 atom stereocenters. The Morgan fingerprint density at radius 2 is 2.25 bits per heavy atom. The smallest absolute Gasteiger partial charge is 0.274 e. The summed E-state index contributed by atoms with van der Waals surface area (Å²) in [7, 11) is 0. The lowest BCUT2D eigenvalue weighted by Gasteiger charge is -2.21. The number of aryl methyl sites for hydroxylation is 1. The fraction of sp³-hybridized carbons (Fsp3) is 0.462. The number of anilines is 1. The number of benzene rings is 1. The van der Waals surface area contributed by atoms with Crippen molar-refractivity contribution in [1.29, 1.82) is 0 Å². The van der Waals surface area contributed by atoms with Crippen LogP contribution in [-0.2, 0) is 4.79 Å². The molecule has 1 unspecified atom stereocenters. The summed E-state index contributed by atoms with van der Waals surface area (Å²) in [4.78, 5) is 22.4. The Morgan fingerprint density at radius 3 is 2.85 bits per heavy atom. The van der Waals surface area contributed by atoms with Crippen molar-refractivity contribution >= 4 is 29.7 Å². The second-order valence-corrected chi connectivity index (χ2v) is 4.79. The van der Waals surface area contributed by atoms with Gasteiger partial charge in [-0.25, -0.2) is 0 Å². The van der Waals surface area contributed by atoms with Gasteiger partial charge >= 0.3 is 0 Å². The van der Waals surface area contributed by atoms with Crippen molar-refractivity contribution in [2.24, 2.45) is 5.92 Å². The molecule has 1 amide bonds. The molecule has 1 aliphatic heterocycles. The van der Waals surface area contributed by atoms with E-state index in [9.17, 15) is 14.9 Å². The van der Waals surface area contributed by atoms with Gasteiger partial charge in [0.05, 0.1) is 10.8 Å². The van der Waals surface area contributed by atoms with E-state index in [0.29, 0.717) is 17.8 Å². The third kappa shape index (κ3) is 3.91. The molecule has 0 bridgehead atoms. The molecule has 1 aliphatic rings. The Labute approximate surface area is 123 Å². The Kier molecular flexibility index (Phi) is 5.91. The largest absolute Gasteiger partial charge is 0.326 e. The van der Waals surface area contributed by atoms with Crippen molar-refractivity contribution in [2.75, 3.05) is 18.4 Å². The molecule has 1 aromatic rings. The van der Waals surface area contributed by atoms with Gasteiger partial charge in [0.15, 0.2) is 0 Å². The molecule has 1 heterocycles. The number of halogens is 1. The first kappa shape index (κ1) is 16.4. The van der Waals surface area contributed by atoms with E-state index in [-0.39, 0.29) is 29.9 Å². The number of rotatable bonds is 3. The summed E-state index contributed by atoms with van der Waals surface area (Å²) in [5.41, 5.74) is 1.09. The number of hydrogen-bond acceptors (Lipinski definition) is 4. The highest BCUT2D eigenvalue weighted by Crippen LogP contribution is 2.23. The normalized spacial score (nSPS) is 17.9. The lowest BCUT2D eigenvalue weighted by atomic mass is 9.99. The van der Waals surface area contributed by atoms with Crippen LogP contribution in [0.2, 0.25) is 0 Å². The van der Waals surface area contributed by atoms with E-state index < -0.39 is 4.92 Å². The van der Waals surface area contributed by atoms with E-state index in [0.717, 1.165) is 19.4 Å². The fourth-order valence-corrected chi connectivity index (χ4v) is 2.20. The topological polar surface area (TPSA) is 84.3 Å². The number of hydrogen-bond donors (Lipinski definition) is 2. The number of piperidine rings is 1. The Morgan fingerprint density at radius 1 is 1.50 bits per heavy atom. The molecule has 110 valence electrons. The molecular weight excluding hydrogens is 282 g/mol. The average molecular weight is 300 g/mol. The van der Waals surface area contributed by atoms with E-state index in [1.54, 1.807) is 19.1 Å². The molecule has 0 aromatic heterocycles. The number of nitrogens with one attached hydrogen (secondary N) is 2. The quantitative estimate of drug-likeness (QED) is 0.662. The summed E-state index contributed by atoms with van der Waals surface area (Å²) in [6.45, 7) is 3.29. The Balaban J connectivity index is 0.00000200. The second-order valence-electron chi connectivity index (χ2n) is 4.79. The first-order chi connectivity index (χ1) is 9.08. The van der Waals surface area contributed by atoms with Crippen LogP contribution in [-0.4, -0.2) is 23.9 Å². The van der Waals surface area contributed by atoms with Crippen LogP contribution >= 0.6 is 12.4 Å². The van der Waals surface area contributed by atoms with Crippen LogP contribution in [0, 0.1) is 23.0 Å². The highest BCUT2D eigenvalue weighted by atomic mass is 35.5. The highest BCUT2D eigenvalue weighted by molar-refractivity contribution is 5.93. The highest BCUT2D eigenvalue weighted by Gasteiger charge is 2.21. The summed E-state index contributed by atoms with van der Waals surface area (Å²) >= 11 is 0. The molecule has 20 heavy (non-hydrogen) atoms. The van der Waals surface area contributed by atoms with E-state index in [1.807, 2.05) is 0 Å². The van der Waals surface area contributed by atoms with Gasteiger partial charge in [-0.05, 0) is 32.4 Å². The van der Waals surface area contributed by atoms with E-state index in [2.05, 4.69) is 10.6 Å². The first-order valence-corrected chi connectivity index (χ1v) is 6.34. The van der Waals surface area contributed by atoms with Crippen LogP contribution < -0.4 is 10.6 Å². The fourth-order valence-electron chi connectivity index (χ4n) is 2.20. The molecule has 1 aromatic carbocycles. The standard InChI is InChI=1S/C13H17N3O3.ClH/c1-9-4-5-11(7-12(9)16(18)19)15-13(17)10-3-2-6-14-8-10;/h4-5,7,10,14H,2-3,6,8H2,1H3,(H,15,17);1H. The predicted molar refractivity (Wildman–Crippen MR) is 79.3 cm³/mol. The zero-order chi connectivity index (χ0) is 13.8. The number of amides is 1. The van der Waals surface area contributed by atoms with Gasteiger partial charge in [-0.2, -0.15) is 0 Å². The molecule has 2 rings (SSSR count). The molecule has 0 aliphatic carbocycles. The minimum absolute atomic E-state index is 0. The van der Waals surface area contributed by atoms with Crippen LogP contribution in [0.4, 0.5) is 11.4 Å². The van der Waals surface area contributed by atoms with Gasteiger partial charge in [0.2, 0.25) is 5.91 Å². The molecule has 0 saturated carbocycles. The summed E-state index contributed by atoms with van der Waals surface area (Å²) in [5, 5.41) is 16.8. The van der Waals surface area contributed by atoms with Crippen molar-refractivity contribution in [3.05, 3.63) is 33.9 Å². The summed E-state index contributed by atoms with van der Waals surface area (Å²) in [5.74, 6) is -0.139. The summed E-state index contributed by atoms with van der Waals surface area (Å²) in [6, 6.07) is 4.74. The Bertz CT molecular complexity index is 502. The van der Waals surface area contributed by atoms with Gasteiger partial charge in [0.25, 0.3) is 5.69 Å². The molecule has 0 radical (unpaired) electrons. The summed E-state index contributed by atoms with van der Waals surface area (Å²) in [6.07, 6.45) is 1.83. The molecular formula is C13H18ClN3O3. The number of nitro benzene ring substituents is 1. The SMILES string of the molecule is Cc1ccc(NC(=O)C2CCCNC2)cc1[N+](=O)[O-].Cl. The number of nitro groups is 1. The van der Waals surface area contributed by atoms with Gasteiger partial charge in [-0.3, -0.25) is 14.9 Å². The van der Waals surface area contributed by atoms with Crippen molar-refractivity contribution in [2.45, 2.75) is 19.8 Å². The monoisotopic (exact) mass is 299 g/mol. The molecule has 7 heteroatoms. The van der Waals surface area contributed by atoms with Gasteiger partial charge in [0, 0.05) is 23.9 Å². The number of nitrogens with zero attached hydrogens (tertiary/aromatic N) is 1. The first-order valence-electron chi connectivity index (χ1n) is 6.34. The second kappa shape index (κ2) is 7.21. The maximum Gasteiger partial charge on any atom is 0.274 e. The summed E-state index contributed by atoms with van der Waals surface area (Å²) < 4.78 is 0. The predicted octanol–water partition coefficient (Wildman–Crippen LogP) is 2.26. The van der Waals surface area contributed by atoms with Crippen LogP contribution in [0.15, 0.2) is 18.2 Å². The third-order valence-corrected chi connectivity index (χ3v) is 3.34. The van der Waals surface area contributed by atoms with Gasteiger partial charge in [-0.15, -0.1) is 12.4 Å². The Hall–Kier alpha value is -1.66. The van der Waals surface area contributed by atoms with Crippen molar-refractivity contribution in [1.82, 2.24) is 5.32 Å². The van der Waals surface area contributed by atoms with Crippen molar-refractivity contribution in [3.8, 4) is 0 Å². The molecule has 1 fully saturated rings. The molecule has 1 saturated heterocycles. The lowest BCUT2D eigenvalue weighted by Crippen LogP contribution is -2.37. The maximum absolute atomic E-state index is 12.0. The molecule has 0 spiro atoms. The van der Waals surface area contributed by atoms with E-state index in [4.69, 9.17) is 0 Å². The van der Waals surface area contributed by atoms with Crippen LogP contribution in [0.3, 0.4) is 0 Å². The van der Waals surface area contributed by atoms with Crippen molar-refractivity contribution < 1.29 is 9.72 Å². The zero-order valence-electron chi connectivity index (χ0n) is 11.2. The average Bonchev–Trinajstić information content (AvgIpc) is 2.41. The number of carbonyl (C=O) groups is 1. The van der Waals surface area contributed by atoms with Crippen LogP contribution in [0.25, 0.3) is 0 Å². The van der Waals surface area contributed by atoms with Crippen LogP contribution in [0.5, 0.6) is 0 Å². The third-order valence-electron chi connectivity index (χ3n) is 3.34. The lowest BCUT2D eigenvalue weighted by molar-refractivity contribution is -0.385. The molecule has 2 N–H and O–H groups in total. The van der Waals surface area contributed by atoms with E-state index in [1.165, 1.54) is 6.07 Å².